The van der Waals surface area contributed by atoms with Crippen LogP contribution in [-0.4, -0.2) is 43.4 Å². The van der Waals surface area contributed by atoms with E-state index in [1.165, 1.54) is 0 Å². The highest BCUT2D eigenvalue weighted by atomic mass is 16.5. The number of carboxylic acids is 1. The molecule has 0 aliphatic rings. The van der Waals surface area contributed by atoms with Crippen molar-refractivity contribution in [2.75, 3.05) is 26.3 Å². The number of hydrogen-bond acceptors (Lipinski definition) is 3. The maximum absolute atomic E-state index is 11.2. The van der Waals surface area contributed by atoms with E-state index in [-0.39, 0.29) is 12.6 Å². The number of amides is 2. The van der Waals surface area contributed by atoms with E-state index in [4.69, 9.17) is 9.84 Å². The van der Waals surface area contributed by atoms with Crippen LogP contribution >= 0.6 is 0 Å². The number of nitrogens with one attached hydrogen (secondary N) is 2. The fraction of sp³-hybridized carbons (Fsp3) is 0.800. The minimum Gasteiger partial charge on any atom is -0.481 e. The second-order valence-corrected chi connectivity index (χ2v) is 3.28. The lowest BCUT2D eigenvalue weighted by molar-refractivity contribution is -0.141. The van der Waals surface area contributed by atoms with E-state index in [0.29, 0.717) is 26.2 Å². The summed E-state index contributed by atoms with van der Waals surface area (Å²) >= 11 is 0. The molecule has 1 atom stereocenters. The molecule has 3 N–H and O–H groups in total. The van der Waals surface area contributed by atoms with Crippen LogP contribution in [0.3, 0.4) is 0 Å². The van der Waals surface area contributed by atoms with Crippen molar-refractivity contribution >= 4 is 12.0 Å². The van der Waals surface area contributed by atoms with E-state index in [1.54, 1.807) is 6.92 Å². The molecule has 0 heterocycles. The van der Waals surface area contributed by atoms with Gasteiger partial charge in [0.1, 0.15) is 0 Å². The highest BCUT2D eigenvalue weighted by Gasteiger charge is 2.15. The summed E-state index contributed by atoms with van der Waals surface area (Å²) < 4.78 is 5.03. The van der Waals surface area contributed by atoms with Crippen LogP contribution in [-0.2, 0) is 9.53 Å². The smallest absolute Gasteiger partial charge is 0.314 e. The molecule has 2 amide bonds. The minimum atomic E-state index is -0.892. The third-order valence-electron chi connectivity index (χ3n) is 2.09. The SMILES string of the molecule is CCOCCNC(=O)NCC(CC)C(=O)O. The zero-order valence-corrected chi connectivity index (χ0v) is 9.78. The molecule has 16 heavy (non-hydrogen) atoms. The lowest BCUT2D eigenvalue weighted by Gasteiger charge is -2.11. The topological polar surface area (TPSA) is 87.7 Å². The van der Waals surface area contributed by atoms with Crippen molar-refractivity contribution in [3.05, 3.63) is 0 Å². The maximum Gasteiger partial charge on any atom is 0.314 e. The summed E-state index contributed by atoms with van der Waals surface area (Å²) in [4.78, 5) is 21.8. The Morgan fingerprint density at radius 3 is 2.50 bits per heavy atom. The third kappa shape index (κ3) is 7.05. The number of aliphatic carboxylic acids is 1. The predicted octanol–water partition coefficient (Wildman–Crippen LogP) is 0.433. The average Bonchev–Trinajstić information content (AvgIpc) is 2.25. The molecule has 0 aromatic carbocycles. The molecule has 1 unspecified atom stereocenters. The van der Waals surface area contributed by atoms with Crippen molar-refractivity contribution in [2.24, 2.45) is 5.92 Å². The molecule has 0 aromatic heterocycles. The van der Waals surface area contributed by atoms with Crippen LogP contribution < -0.4 is 10.6 Å². The standard InChI is InChI=1S/C10H20N2O4/c1-3-8(9(13)14)7-12-10(15)11-5-6-16-4-2/h8H,3-7H2,1-2H3,(H,13,14)(H2,11,12,15). The van der Waals surface area contributed by atoms with Gasteiger partial charge in [-0.1, -0.05) is 6.92 Å². The number of hydrogen-bond donors (Lipinski definition) is 3. The minimum absolute atomic E-state index is 0.145. The quantitative estimate of drug-likeness (QED) is 0.530. The van der Waals surface area contributed by atoms with Crippen LogP contribution in [0, 0.1) is 5.92 Å². The summed E-state index contributed by atoms with van der Waals surface area (Å²) in [6.07, 6.45) is 0.495. The van der Waals surface area contributed by atoms with Gasteiger partial charge in [0.15, 0.2) is 0 Å². The lowest BCUT2D eigenvalue weighted by Crippen LogP contribution is -2.40. The fourth-order valence-electron chi connectivity index (χ4n) is 1.07. The average molecular weight is 232 g/mol. The summed E-state index contributed by atoms with van der Waals surface area (Å²) in [6.45, 7) is 5.28. The van der Waals surface area contributed by atoms with E-state index < -0.39 is 11.9 Å². The van der Waals surface area contributed by atoms with Gasteiger partial charge in [0, 0.05) is 19.7 Å². The molecule has 94 valence electrons. The van der Waals surface area contributed by atoms with Crippen LogP contribution in [0.5, 0.6) is 0 Å². The van der Waals surface area contributed by atoms with Crippen molar-refractivity contribution in [3.63, 3.8) is 0 Å². The van der Waals surface area contributed by atoms with Crippen LogP contribution in [0.25, 0.3) is 0 Å². The van der Waals surface area contributed by atoms with Gasteiger partial charge in [-0.15, -0.1) is 0 Å². The normalized spacial score (nSPS) is 11.9. The molecule has 0 rings (SSSR count). The monoisotopic (exact) mass is 232 g/mol. The zero-order chi connectivity index (χ0) is 12.4. The summed E-state index contributed by atoms with van der Waals surface area (Å²) in [5.74, 6) is -1.42. The molecule has 0 aliphatic carbocycles. The number of rotatable bonds is 8. The van der Waals surface area contributed by atoms with Crippen LogP contribution in [0.15, 0.2) is 0 Å². The highest BCUT2D eigenvalue weighted by Crippen LogP contribution is 1.99. The molecule has 6 nitrogen and oxygen atoms in total. The second-order valence-electron chi connectivity index (χ2n) is 3.28. The Balaban J connectivity index is 3.59. The molecule has 6 heteroatoms. The highest BCUT2D eigenvalue weighted by molar-refractivity contribution is 5.75. The molecule has 0 saturated carbocycles. The predicted molar refractivity (Wildman–Crippen MR) is 59.3 cm³/mol. The Bertz CT molecular complexity index is 221. The van der Waals surface area contributed by atoms with Gasteiger partial charge in [-0.25, -0.2) is 4.79 Å². The maximum atomic E-state index is 11.2. The molecule has 0 aliphatic heterocycles. The second kappa shape index (κ2) is 8.96. The van der Waals surface area contributed by atoms with Crippen LogP contribution in [0.4, 0.5) is 4.79 Å². The first-order valence-corrected chi connectivity index (χ1v) is 5.44. The van der Waals surface area contributed by atoms with Gasteiger partial charge in [0.05, 0.1) is 12.5 Å². The van der Waals surface area contributed by atoms with Gasteiger partial charge >= 0.3 is 12.0 Å². The Hall–Kier alpha value is -1.30. The molecule has 0 bridgehead atoms. The van der Waals surface area contributed by atoms with Gasteiger partial charge in [0.25, 0.3) is 0 Å². The van der Waals surface area contributed by atoms with Crippen molar-refractivity contribution in [1.29, 1.82) is 0 Å². The summed E-state index contributed by atoms with van der Waals surface area (Å²) in [6, 6.07) is -0.362. The van der Waals surface area contributed by atoms with E-state index >= 15 is 0 Å². The van der Waals surface area contributed by atoms with Crippen LogP contribution in [0.1, 0.15) is 20.3 Å². The van der Waals surface area contributed by atoms with Crippen molar-refractivity contribution < 1.29 is 19.4 Å². The van der Waals surface area contributed by atoms with E-state index in [1.807, 2.05) is 6.92 Å². The van der Waals surface area contributed by atoms with E-state index in [9.17, 15) is 9.59 Å². The van der Waals surface area contributed by atoms with Crippen molar-refractivity contribution in [1.82, 2.24) is 10.6 Å². The molecule has 0 saturated heterocycles. The first kappa shape index (κ1) is 14.7. The van der Waals surface area contributed by atoms with Gasteiger partial charge < -0.3 is 20.5 Å². The number of ether oxygens (including phenoxy) is 1. The van der Waals surface area contributed by atoms with Crippen molar-refractivity contribution in [3.8, 4) is 0 Å². The number of carboxylic acid groups (broad SMARTS) is 1. The Morgan fingerprint density at radius 1 is 1.31 bits per heavy atom. The largest absolute Gasteiger partial charge is 0.481 e. The van der Waals surface area contributed by atoms with Crippen LogP contribution in [0.2, 0.25) is 0 Å². The summed E-state index contributed by atoms with van der Waals surface area (Å²) in [7, 11) is 0. The van der Waals surface area contributed by atoms with E-state index in [0.717, 1.165) is 0 Å². The molecule has 0 aromatic rings. The first-order chi connectivity index (χ1) is 7.61. The number of carbonyl (C=O) groups excluding carboxylic acids is 1. The molecule has 0 radical (unpaired) electrons. The first-order valence-electron chi connectivity index (χ1n) is 5.44. The molecule has 0 fully saturated rings. The Morgan fingerprint density at radius 2 is 2.00 bits per heavy atom. The Labute approximate surface area is 95.4 Å². The number of urea groups is 1. The Kier molecular flexibility index (Phi) is 8.24. The van der Waals surface area contributed by atoms with Gasteiger partial charge in [0.2, 0.25) is 0 Å². The fourth-order valence-corrected chi connectivity index (χ4v) is 1.07. The van der Waals surface area contributed by atoms with E-state index in [2.05, 4.69) is 10.6 Å². The third-order valence-corrected chi connectivity index (χ3v) is 2.09. The number of carbonyl (C=O) groups is 2. The molecular formula is C10H20N2O4. The van der Waals surface area contributed by atoms with Gasteiger partial charge in [-0.05, 0) is 13.3 Å². The zero-order valence-electron chi connectivity index (χ0n) is 9.78. The lowest BCUT2D eigenvalue weighted by atomic mass is 10.1. The molecule has 0 spiro atoms. The van der Waals surface area contributed by atoms with Gasteiger partial charge in [-0.2, -0.15) is 0 Å². The summed E-state index contributed by atoms with van der Waals surface area (Å²) in [5.41, 5.74) is 0. The summed E-state index contributed by atoms with van der Waals surface area (Å²) in [5, 5.41) is 13.8. The molecular weight excluding hydrogens is 212 g/mol. The van der Waals surface area contributed by atoms with Gasteiger partial charge in [-0.3, -0.25) is 4.79 Å². The van der Waals surface area contributed by atoms with Crippen molar-refractivity contribution in [2.45, 2.75) is 20.3 Å².